The molecule has 3 heterocycles. The molecule has 1 atom stereocenters. The maximum Gasteiger partial charge on any atom is 0.225 e. The zero-order valence-electron chi connectivity index (χ0n) is 12.7. The number of likely N-dealkylation sites (tertiary alicyclic amines) is 1. The summed E-state index contributed by atoms with van der Waals surface area (Å²) in [6.07, 6.45) is 5.37. The highest BCUT2D eigenvalue weighted by atomic mass is 16.2. The molecule has 2 aromatic rings. The van der Waals surface area contributed by atoms with Gasteiger partial charge >= 0.3 is 0 Å². The molecule has 116 valence electrons. The molecule has 1 saturated heterocycles. The van der Waals surface area contributed by atoms with Gasteiger partial charge in [0.15, 0.2) is 0 Å². The van der Waals surface area contributed by atoms with Crippen LogP contribution in [0.15, 0.2) is 24.4 Å². The van der Waals surface area contributed by atoms with Gasteiger partial charge in [0.05, 0.1) is 18.3 Å². The minimum atomic E-state index is 0.0948. The number of aryl methyl sites for hydroxylation is 2. The molecule has 0 radical (unpaired) electrons. The first-order valence-corrected chi connectivity index (χ1v) is 7.69. The van der Waals surface area contributed by atoms with Crippen LogP contribution in [0.5, 0.6) is 0 Å². The van der Waals surface area contributed by atoms with E-state index in [-0.39, 0.29) is 11.9 Å². The summed E-state index contributed by atoms with van der Waals surface area (Å²) in [5.74, 6) is 0.873. The summed E-state index contributed by atoms with van der Waals surface area (Å²) in [5.41, 5.74) is 0.981. The second kappa shape index (κ2) is 6.64. The third-order valence-corrected chi connectivity index (χ3v) is 4.10. The highest BCUT2D eigenvalue weighted by molar-refractivity contribution is 5.76. The second-order valence-electron chi connectivity index (χ2n) is 5.55. The molecule has 7 nitrogen and oxygen atoms in total. The first-order valence-electron chi connectivity index (χ1n) is 7.69. The number of carbonyl (C=O) groups is 1. The molecule has 1 amide bonds. The van der Waals surface area contributed by atoms with Gasteiger partial charge in [0, 0.05) is 19.2 Å². The summed E-state index contributed by atoms with van der Waals surface area (Å²) in [5, 5.41) is 11.3. The van der Waals surface area contributed by atoms with Gasteiger partial charge in [0.25, 0.3) is 0 Å². The standard InChI is InChI=1S/C15H20N6O/c1-12-17-18-19-21(12)11-8-15(22)20-10-5-3-7-14(20)13-6-2-4-9-16-13/h2,4,6,9,14H,3,5,7-8,10-11H2,1H3/t14-/m1/s1. The van der Waals surface area contributed by atoms with Gasteiger partial charge in [0.1, 0.15) is 5.82 Å². The Hall–Kier alpha value is -2.31. The number of piperidine rings is 1. The van der Waals surface area contributed by atoms with E-state index in [0.29, 0.717) is 13.0 Å². The maximum atomic E-state index is 12.6. The molecule has 22 heavy (non-hydrogen) atoms. The third kappa shape index (κ3) is 3.13. The number of tetrazole rings is 1. The van der Waals surface area contributed by atoms with E-state index in [9.17, 15) is 4.79 Å². The fourth-order valence-corrected chi connectivity index (χ4v) is 2.91. The van der Waals surface area contributed by atoms with Gasteiger partial charge in [0.2, 0.25) is 5.91 Å². The Morgan fingerprint density at radius 3 is 3.00 bits per heavy atom. The average molecular weight is 300 g/mol. The van der Waals surface area contributed by atoms with Crippen LogP contribution in [0.1, 0.15) is 43.2 Å². The predicted octanol–water partition coefficient (Wildman–Crippen LogP) is 1.52. The summed E-state index contributed by atoms with van der Waals surface area (Å²) in [6, 6.07) is 5.97. The fraction of sp³-hybridized carbons (Fsp3) is 0.533. The van der Waals surface area contributed by atoms with E-state index in [1.807, 2.05) is 30.0 Å². The van der Waals surface area contributed by atoms with Crippen molar-refractivity contribution in [3.05, 3.63) is 35.9 Å². The van der Waals surface area contributed by atoms with Gasteiger partial charge in [-0.15, -0.1) is 5.10 Å². The lowest BCUT2D eigenvalue weighted by atomic mass is 9.98. The number of nitrogens with zero attached hydrogens (tertiary/aromatic N) is 6. The summed E-state index contributed by atoms with van der Waals surface area (Å²) in [7, 11) is 0. The fourth-order valence-electron chi connectivity index (χ4n) is 2.91. The molecule has 0 N–H and O–H groups in total. The van der Waals surface area contributed by atoms with Crippen molar-refractivity contribution >= 4 is 5.91 Å². The molecule has 0 aromatic carbocycles. The van der Waals surface area contributed by atoms with E-state index in [4.69, 9.17) is 0 Å². The van der Waals surface area contributed by atoms with Crippen LogP contribution in [0.4, 0.5) is 0 Å². The summed E-state index contributed by atoms with van der Waals surface area (Å²) in [6.45, 7) is 3.15. The van der Waals surface area contributed by atoms with E-state index >= 15 is 0 Å². The second-order valence-corrected chi connectivity index (χ2v) is 5.55. The molecular formula is C15H20N6O. The minimum absolute atomic E-state index is 0.0948. The zero-order chi connectivity index (χ0) is 15.4. The van der Waals surface area contributed by atoms with Crippen LogP contribution in [0, 0.1) is 6.92 Å². The number of rotatable bonds is 4. The van der Waals surface area contributed by atoms with E-state index in [2.05, 4.69) is 20.5 Å². The van der Waals surface area contributed by atoms with Crippen molar-refractivity contribution in [2.75, 3.05) is 6.54 Å². The largest absolute Gasteiger partial charge is 0.334 e. The van der Waals surface area contributed by atoms with Crippen molar-refractivity contribution in [1.29, 1.82) is 0 Å². The molecule has 1 aliphatic heterocycles. The first-order chi connectivity index (χ1) is 10.8. The van der Waals surface area contributed by atoms with E-state index in [1.54, 1.807) is 10.9 Å². The lowest BCUT2D eigenvalue weighted by molar-refractivity contribution is -0.135. The number of aromatic nitrogens is 5. The monoisotopic (exact) mass is 300 g/mol. The Labute approximate surface area is 129 Å². The van der Waals surface area contributed by atoms with Gasteiger partial charge in [-0.1, -0.05) is 6.07 Å². The van der Waals surface area contributed by atoms with Crippen molar-refractivity contribution in [3.63, 3.8) is 0 Å². The normalized spacial score (nSPS) is 18.4. The Morgan fingerprint density at radius 2 is 2.27 bits per heavy atom. The van der Waals surface area contributed by atoms with Gasteiger partial charge < -0.3 is 4.90 Å². The Kier molecular flexibility index (Phi) is 4.41. The van der Waals surface area contributed by atoms with Crippen LogP contribution in [0.3, 0.4) is 0 Å². The van der Waals surface area contributed by atoms with Crippen molar-refractivity contribution in [2.45, 2.75) is 45.2 Å². The SMILES string of the molecule is Cc1nnnn1CCC(=O)N1CCCC[C@@H]1c1ccccn1. The molecule has 0 spiro atoms. The number of amides is 1. The molecule has 2 aromatic heterocycles. The Balaban J connectivity index is 1.68. The van der Waals surface area contributed by atoms with Crippen LogP contribution in [-0.4, -0.2) is 42.5 Å². The highest BCUT2D eigenvalue weighted by Crippen LogP contribution is 2.30. The van der Waals surface area contributed by atoms with Gasteiger partial charge in [-0.2, -0.15) is 0 Å². The van der Waals surface area contributed by atoms with Crippen LogP contribution < -0.4 is 0 Å². The smallest absolute Gasteiger partial charge is 0.225 e. The molecule has 1 aliphatic rings. The lowest BCUT2D eigenvalue weighted by Gasteiger charge is -2.35. The van der Waals surface area contributed by atoms with Crippen molar-refractivity contribution in [1.82, 2.24) is 30.1 Å². The van der Waals surface area contributed by atoms with Crippen LogP contribution >= 0.6 is 0 Å². The van der Waals surface area contributed by atoms with E-state index in [0.717, 1.165) is 37.3 Å². The molecule has 0 saturated carbocycles. The zero-order valence-corrected chi connectivity index (χ0v) is 12.7. The van der Waals surface area contributed by atoms with Gasteiger partial charge in [-0.25, -0.2) is 4.68 Å². The molecule has 3 rings (SSSR count). The van der Waals surface area contributed by atoms with Gasteiger partial charge in [-0.3, -0.25) is 9.78 Å². The minimum Gasteiger partial charge on any atom is -0.334 e. The molecule has 7 heteroatoms. The predicted molar refractivity (Wildman–Crippen MR) is 79.7 cm³/mol. The van der Waals surface area contributed by atoms with Crippen LogP contribution in [0.25, 0.3) is 0 Å². The lowest BCUT2D eigenvalue weighted by Crippen LogP contribution is -2.39. The Bertz CT molecular complexity index is 626. The number of hydrogen-bond acceptors (Lipinski definition) is 5. The topological polar surface area (TPSA) is 76.8 Å². The first kappa shape index (κ1) is 14.6. The van der Waals surface area contributed by atoms with Gasteiger partial charge in [-0.05, 0) is 48.7 Å². The summed E-state index contributed by atoms with van der Waals surface area (Å²) >= 11 is 0. The molecule has 0 unspecified atom stereocenters. The van der Waals surface area contributed by atoms with E-state index < -0.39 is 0 Å². The average Bonchev–Trinajstić information content (AvgIpc) is 2.98. The highest BCUT2D eigenvalue weighted by Gasteiger charge is 2.28. The third-order valence-electron chi connectivity index (χ3n) is 4.10. The number of pyridine rings is 1. The summed E-state index contributed by atoms with van der Waals surface area (Å²) in [4.78, 5) is 19.0. The Morgan fingerprint density at radius 1 is 1.36 bits per heavy atom. The molecule has 0 aliphatic carbocycles. The van der Waals surface area contributed by atoms with Crippen molar-refractivity contribution < 1.29 is 4.79 Å². The number of hydrogen-bond donors (Lipinski definition) is 0. The molecular weight excluding hydrogens is 280 g/mol. The quantitative estimate of drug-likeness (QED) is 0.855. The maximum absolute atomic E-state index is 12.6. The molecule has 0 bridgehead atoms. The number of carbonyl (C=O) groups excluding carboxylic acids is 1. The molecule has 1 fully saturated rings. The van der Waals surface area contributed by atoms with Crippen molar-refractivity contribution in [2.24, 2.45) is 0 Å². The van der Waals surface area contributed by atoms with Crippen LogP contribution in [0.2, 0.25) is 0 Å². The van der Waals surface area contributed by atoms with Crippen molar-refractivity contribution in [3.8, 4) is 0 Å². The summed E-state index contributed by atoms with van der Waals surface area (Å²) < 4.78 is 1.66. The van der Waals surface area contributed by atoms with E-state index in [1.165, 1.54) is 0 Å². The van der Waals surface area contributed by atoms with Crippen LogP contribution in [-0.2, 0) is 11.3 Å².